The molecule has 1 aromatic rings. The SMILES string of the molecule is CCCN(CCO)CC(=O)c1ccc(I)cc1. The third kappa shape index (κ3) is 5.14. The zero-order chi connectivity index (χ0) is 12.7. The van der Waals surface area contributed by atoms with E-state index in [1.54, 1.807) is 0 Å². The lowest BCUT2D eigenvalue weighted by Crippen LogP contribution is -2.33. The fourth-order valence-corrected chi connectivity index (χ4v) is 2.02. The first-order valence-corrected chi connectivity index (χ1v) is 6.87. The average molecular weight is 347 g/mol. The Kier molecular flexibility index (Phi) is 6.69. The molecular formula is C13H18INO2. The Morgan fingerprint density at radius 1 is 1.29 bits per heavy atom. The van der Waals surface area contributed by atoms with Crippen molar-refractivity contribution in [3.05, 3.63) is 33.4 Å². The van der Waals surface area contributed by atoms with Crippen LogP contribution in [0, 0.1) is 3.57 Å². The zero-order valence-electron chi connectivity index (χ0n) is 10.0. The highest BCUT2D eigenvalue weighted by atomic mass is 127. The molecule has 0 heterocycles. The first-order valence-electron chi connectivity index (χ1n) is 5.79. The zero-order valence-corrected chi connectivity index (χ0v) is 12.2. The van der Waals surface area contributed by atoms with E-state index in [1.807, 2.05) is 29.2 Å². The molecule has 4 heteroatoms. The van der Waals surface area contributed by atoms with Gasteiger partial charge in [-0.1, -0.05) is 19.1 Å². The van der Waals surface area contributed by atoms with Crippen LogP contribution in [0.1, 0.15) is 23.7 Å². The Balaban J connectivity index is 2.60. The molecule has 0 unspecified atom stereocenters. The number of ketones is 1. The molecule has 0 aliphatic carbocycles. The third-order valence-electron chi connectivity index (χ3n) is 2.49. The summed E-state index contributed by atoms with van der Waals surface area (Å²) in [4.78, 5) is 14.0. The Bertz CT molecular complexity index is 345. The lowest BCUT2D eigenvalue weighted by Gasteiger charge is -2.19. The number of aliphatic hydroxyl groups excluding tert-OH is 1. The van der Waals surface area contributed by atoms with Crippen LogP contribution in [0.4, 0.5) is 0 Å². The summed E-state index contributed by atoms with van der Waals surface area (Å²) in [6, 6.07) is 7.58. The molecule has 0 radical (unpaired) electrons. The molecule has 0 fully saturated rings. The molecule has 1 N–H and O–H groups in total. The van der Waals surface area contributed by atoms with Gasteiger partial charge in [-0.25, -0.2) is 0 Å². The lowest BCUT2D eigenvalue weighted by atomic mass is 10.1. The van der Waals surface area contributed by atoms with E-state index in [1.165, 1.54) is 0 Å². The van der Waals surface area contributed by atoms with E-state index in [0.29, 0.717) is 13.1 Å². The Morgan fingerprint density at radius 2 is 1.94 bits per heavy atom. The number of halogens is 1. The van der Waals surface area contributed by atoms with Crippen LogP contribution >= 0.6 is 22.6 Å². The van der Waals surface area contributed by atoms with Crippen LogP contribution in [0.3, 0.4) is 0 Å². The molecule has 1 rings (SSSR count). The second kappa shape index (κ2) is 7.79. The van der Waals surface area contributed by atoms with Gasteiger partial charge in [0.15, 0.2) is 5.78 Å². The van der Waals surface area contributed by atoms with E-state index in [4.69, 9.17) is 5.11 Å². The molecule has 0 bridgehead atoms. The largest absolute Gasteiger partial charge is 0.395 e. The first kappa shape index (κ1) is 14.6. The van der Waals surface area contributed by atoms with E-state index in [9.17, 15) is 4.79 Å². The molecule has 0 spiro atoms. The highest BCUT2D eigenvalue weighted by Crippen LogP contribution is 2.08. The summed E-state index contributed by atoms with van der Waals surface area (Å²) in [7, 11) is 0. The molecule has 17 heavy (non-hydrogen) atoms. The summed E-state index contributed by atoms with van der Waals surface area (Å²) in [5.74, 6) is 0.114. The van der Waals surface area contributed by atoms with Crippen LogP contribution < -0.4 is 0 Å². The monoisotopic (exact) mass is 347 g/mol. The minimum absolute atomic E-state index is 0.0972. The van der Waals surface area contributed by atoms with Crippen LogP contribution in [0.25, 0.3) is 0 Å². The van der Waals surface area contributed by atoms with Crippen molar-refractivity contribution in [2.24, 2.45) is 0 Å². The van der Waals surface area contributed by atoms with Gasteiger partial charge < -0.3 is 5.11 Å². The highest BCUT2D eigenvalue weighted by Gasteiger charge is 2.11. The van der Waals surface area contributed by atoms with Gasteiger partial charge in [0.1, 0.15) is 0 Å². The molecule has 0 amide bonds. The van der Waals surface area contributed by atoms with Gasteiger partial charge in [0.25, 0.3) is 0 Å². The maximum atomic E-state index is 12.0. The van der Waals surface area contributed by atoms with Gasteiger partial charge in [-0.05, 0) is 47.7 Å². The second-order valence-electron chi connectivity index (χ2n) is 3.93. The molecule has 0 saturated carbocycles. The molecule has 0 atom stereocenters. The van der Waals surface area contributed by atoms with Crippen molar-refractivity contribution in [2.75, 3.05) is 26.2 Å². The smallest absolute Gasteiger partial charge is 0.176 e. The van der Waals surface area contributed by atoms with Gasteiger partial charge >= 0.3 is 0 Å². The predicted molar refractivity (Wildman–Crippen MR) is 77.3 cm³/mol. The molecule has 0 saturated heterocycles. The number of hydrogen-bond donors (Lipinski definition) is 1. The van der Waals surface area contributed by atoms with E-state index < -0.39 is 0 Å². The number of hydrogen-bond acceptors (Lipinski definition) is 3. The van der Waals surface area contributed by atoms with Crippen LogP contribution in [-0.2, 0) is 0 Å². The maximum absolute atomic E-state index is 12.0. The van der Waals surface area contributed by atoms with Gasteiger partial charge in [-0.15, -0.1) is 0 Å². The van der Waals surface area contributed by atoms with Crippen molar-refractivity contribution < 1.29 is 9.90 Å². The number of benzene rings is 1. The van der Waals surface area contributed by atoms with Crippen molar-refractivity contribution in [2.45, 2.75) is 13.3 Å². The lowest BCUT2D eigenvalue weighted by molar-refractivity contribution is 0.0915. The number of nitrogens with zero attached hydrogens (tertiary/aromatic N) is 1. The minimum Gasteiger partial charge on any atom is -0.395 e. The third-order valence-corrected chi connectivity index (χ3v) is 3.21. The Morgan fingerprint density at radius 3 is 2.47 bits per heavy atom. The van der Waals surface area contributed by atoms with Crippen LogP contribution in [0.15, 0.2) is 24.3 Å². The summed E-state index contributed by atoms with van der Waals surface area (Å²) in [6.07, 6.45) is 0.986. The van der Waals surface area contributed by atoms with Gasteiger partial charge in [0.05, 0.1) is 13.2 Å². The van der Waals surface area contributed by atoms with Gasteiger partial charge in [0.2, 0.25) is 0 Å². The summed E-state index contributed by atoms with van der Waals surface area (Å²) >= 11 is 2.22. The highest BCUT2D eigenvalue weighted by molar-refractivity contribution is 14.1. The molecular weight excluding hydrogens is 329 g/mol. The first-order chi connectivity index (χ1) is 8.17. The number of rotatable bonds is 7. The molecule has 94 valence electrons. The number of Topliss-reactive ketones (excluding diaryl/α,β-unsaturated/α-hetero) is 1. The maximum Gasteiger partial charge on any atom is 0.176 e. The topological polar surface area (TPSA) is 40.5 Å². The van der Waals surface area contributed by atoms with Gasteiger partial charge in [0, 0.05) is 15.7 Å². The fourth-order valence-electron chi connectivity index (χ4n) is 1.66. The molecule has 0 aliphatic heterocycles. The quantitative estimate of drug-likeness (QED) is 0.607. The molecule has 0 aliphatic rings. The Labute approximate surface area is 116 Å². The Hall–Kier alpha value is -0.460. The van der Waals surface area contributed by atoms with Crippen LogP contribution in [0.2, 0.25) is 0 Å². The van der Waals surface area contributed by atoms with Gasteiger partial charge in [-0.3, -0.25) is 9.69 Å². The minimum atomic E-state index is 0.0972. The average Bonchev–Trinajstić information content (AvgIpc) is 2.30. The standard InChI is InChI=1S/C13H18INO2/c1-2-7-15(8-9-16)10-13(17)11-3-5-12(14)6-4-11/h3-6,16H,2,7-10H2,1H3. The van der Waals surface area contributed by atoms with Gasteiger partial charge in [-0.2, -0.15) is 0 Å². The summed E-state index contributed by atoms with van der Waals surface area (Å²) in [5.41, 5.74) is 0.740. The van der Waals surface area contributed by atoms with Crippen molar-refractivity contribution in [3.63, 3.8) is 0 Å². The predicted octanol–water partition coefficient (Wildman–Crippen LogP) is 2.18. The van der Waals surface area contributed by atoms with E-state index in [2.05, 4.69) is 29.5 Å². The summed E-state index contributed by atoms with van der Waals surface area (Å²) in [6.45, 7) is 3.95. The van der Waals surface area contributed by atoms with Crippen LogP contribution in [-0.4, -0.2) is 42.0 Å². The van der Waals surface area contributed by atoms with Crippen LogP contribution in [0.5, 0.6) is 0 Å². The van der Waals surface area contributed by atoms with E-state index in [-0.39, 0.29) is 12.4 Å². The van der Waals surface area contributed by atoms with Crippen molar-refractivity contribution in [1.29, 1.82) is 0 Å². The van der Waals surface area contributed by atoms with E-state index >= 15 is 0 Å². The van der Waals surface area contributed by atoms with Crippen molar-refractivity contribution in [3.8, 4) is 0 Å². The van der Waals surface area contributed by atoms with E-state index in [0.717, 1.165) is 22.1 Å². The second-order valence-corrected chi connectivity index (χ2v) is 5.18. The molecule has 0 aromatic heterocycles. The molecule has 1 aromatic carbocycles. The summed E-state index contributed by atoms with van der Waals surface area (Å²) < 4.78 is 1.12. The molecule has 3 nitrogen and oxygen atoms in total. The normalized spacial score (nSPS) is 10.8. The summed E-state index contributed by atoms with van der Waals surface area (Å²) in [5, 5.41) is 8.93. The van der Waals surface area contributed by atoms with Crippen molar-refractivity contribution in [1.82, 2.24) is 4.90 Å². The fraction of sp³-hybridized carbons (Fsp3) is 0.462. The van der Waals surface area contributed by atoms with Crippen molar-refractivity contribution >= 4 is 28.4 Å². The number of carbonyl (C=O) groups is 1. The number of aliphatic hydroxyl groups is 1. The number of carbonyl (C=O) groups excluding carboxylic acids is 1.